The van der Waals surface area contributed by atoms with Crippen molar-refractivity contribution in [3.8, 4) is 0 Å². The van der Waals surface area contributed by atoms with E-state index in [-0.39, 0.29) is 11.1 Å². The molecule has 0 atom stereocenters. The number of aromatic carboxylic acids is 1. The zero-order chi connectivity index (χ0) is 13.8. The van der Waals surface area contributed by atoms with Gasteiger partial charge in [-0.2, -0.15) is 0 Å². The minimum Gasteiger partial charge on any atom is -0.476 e. The molecular weight excluding hydrogens is 234 g/mol. The number of ether oxygens (including phenoxy) is 1. The van der Waals surface area contributed by atoms with Crippen molar-refractivity contribution in [2.24, 2.45) is 5.41 Å². The average Bonchev–Trinajstić information content (AvgIpc) is 2.65. The Balaban J connectivity index is 2.86. The van der Waals surface area contributed by atoms with Gasteiger partial charge in [0.05, 0.1) is 12.3 Å². The van der Waals surface area contributed by atoms with Crippen LogP contribution in [0, 0.1) is 5.41 Å². The van der Waals surface area contributed by atoms with E-state index < -0.39 is 5.97 Å². The molecular formula is C12H21N3O3. The molecule has 0 aliphatic rings. The second-order valence-electron chi connectivity index (χ2n) is 5.47. The van der Waals surface area contributed by atoms with Gasteiger partial charge in [0.1, 0.15) is 0 Å². The molecule has 1 N–H and O–H groups in total. The summed E-state index contributed by atoms with van der Waals surface area (Å²) in [6.07, 6.45) is 1.42. The van der Waals surface area contributed by atoms with Gasteiger partial charge in [-0.3, -0.25) is 0 Å². The fourth-order valence-electron chi connectivity index (χ4n) is 1.57. The van der Waals surface area contributed by atoms with Crippen molar-refractivity contribution in [1.29, 1.82) is 0 Å². The van der Waals surface area contributed by atoms with Gasteiger partial charge in [-0.1, -0.05) is 26.0 Å². The van der Waals surface area contributed by atoms with E-state index >= 15 is 0 Å². The van der Waals surface area contributed by atoms with Crippen LogP contribution in [0.25, 0.3) is 0 Å². The molecule has 0 aliphatic heterocycles. The number of carbonyl (C=O) groups is 1. The van der Waals surface area contributed by atoms with E-state index in [2.05, 4.69) is 31.1 Å². The van der Waals surface area contributed by atoms with Gasteiger partial charge in [-0.05, 0) is 11.8 Å². The number of hydrogen-bond donors (Lipinski definition) is 1. The van der Waals surface area contributed by atoms with Crippen LogP contribution in [0.1, 0.15) is 43.4 Å². The molecule has 0 aliphatic carbocycles. The molecule has 0 fully saturated rings. The Morgan fingerprint density at radius 1 is 1.44 bits per heavy atom. The Labute approximate surface area is 107 Å². The summed E-state index contributed by atoms with van der Waals surface area (Å²) in [4.78, 5) is 11.0. The van der Waals surface area contributed by atoms with Crippen molar-refractivity contribution < 1.29 is 14.6 Å². The topological polar surface area (TPSA) is 77.2 Å². The third kappa shape index (κ3) is 4.10. The van der Waals surface area contributed by atoms with E-state index in [4.69, 9.17) is 9.84 Å². The summed E-state index contributed by atoms with van der Waals surface area (Å²) >= 11 is 0. The van der Waals surface area contributed by atoms with Gasteiger partial charge in [0.15, 0.2) is 5.69 Å². The van der Waals surface area contributed by atoms with Crippen molar-refractivity contribution in [3.05, 3.63) is 11.4 Å². The molecule has 1 rings (SSSR count). The number of rotatable bonds is 6. The number of carboxylic acid groups (broad SMARTS) is 1. The van der Waals surface area contributed by atoms with Gasteiger partial charge in [0.25, 0.3) is 0 Å². The second-order valence-corrected chi connectivity index (χ2v) is 5.47. The fraction of sp³-hybridized carbons (Fsp3) is 0.750. The Hall–Kier alpha value is -1.43. The Morgan fingerprint density at radius 2 is 2.11 bits per heavy atom. The van der Waals surface area contributed by atoms with Crippen LogP contribution in [-0.4, -0.2) is 39.8 Å². The fourth-order valence-corrected chi connectivity index (χ4v) is 1.57. The monoisotopic (exact) mass is 255 g/mol. The quantitative estimate of drug-likeness (QED) is 0.835. The molecule has 0 unspecified atom stereocenters. The third-order valence-corrected chi connectivity index (χ3v) is 2.66. The van der Waals surface area contributed by atoms with Gasteiger partial charge in [0, 0.05) is 20.1 Å². The summed E-state index contributed by atoms with van der Waals surface area (Å²) in [6, 6.07) is 0. The summed E-state index contributed by atoms with van der Waals surface area (Å²) in [5.41, 5.74) is 0.836. The smallest absolute Gasteiger partial charge is 0.358 e. The Bertz CT molecular complexity index is 407. The maximum absolute atomic E-state index is 11.0. The number of aryl methyl sites for hydroxylation is 1. The standard InChI is InChI=1S/C12H21N3O3/c1-12(2,3)6-7-15-9(5-8-18-4)10(11(16)17)13-14-15/h5-8H2,1-4H3,(H,16,17). The molecule has 1 heterocycles. The lowest BCUT2D eigenvalue weighted by atomic mass is 9.92. The zero-order valence-electron chi connectivity index (χ0n) is 11.4. The van der Waals surface area contributed by atoms with Gasteiger partial charge >= 0.3 is 5.97 Å². The summed E-state index contributed by atoms with van der Waals surface area (Å²) in [5, 5.41) is 16.7. The minimum absolute atomic E-state index is 0.0287. The van der Waals surface area contributed by atoms with Crippen LogP contribution in [0.3, 0.4) is 0 Å². The van der Waals surface area contributed by atoms with Crippen molar-refractivity contribution in [3.63, 3.8) is 0 Å². The number of hydrogen-bond acceptors (Lipinski definition) is 4. The summed E-state index contributed by atoms with van der Waals surface area (Å²) in [5.74, 6) is -1.04. The maximum Gasteiger partial charge on any atom is 0.358 e. The van der Waals surface area contributed by atoms with Gasteiger partial charge in [-0.25, -0.2) is 9.48 Å². The lowest BCUT2D eigenvalue weighted by Gasteiger charge is -2.18. The molecule has 0 radical (unpaired) electrons. The van der Waals surface area contributed by atoms with Crippen LogP contribution < -0.4 is 0 Å². The van der Waals surface area contributed by atoms with E-state index in [9.17, 15) is 4.79 Å². The highest BCUT2D eigenvalue weighted by molar-refractivity contribution is 5.86. The molecule has 102 valence electrons. The molecule has 0 saturated carbocycles. The van der Waals surface area contributed by atoms with Crippen molar-refractivity contribution in [2.45, 2.75) is 40.2 Å². The first-order valence-electron chi connectivity index (χ1n) is 6.00. The average molecular weight is 255 g/mol. The van der Waals surface area contributed by atoms with Gasteiger partial charge in [-0.15, -0.1) is 5.10 Å². The van der Waals surface area contributed by atoms with Crippen LogP contribution >= 0.6 is 0 Å². The molecule has 6 nitrogen and oxygen atoms in total. The summed E-state index contributed by atoms with van der Waals surface area (Å²) < 4.78 is 6.66. The third-order valence-electron chi connectivity index (χ3n) is 2.66. The molecule has 1 aromatic heterocycles. The van der Waals surface area contributed by atoms with Crippen molar-refractivity contribution >= 4 is 5.97 Å². The van der Waals surface area contributed by atoms with Crippen LogP contribution in [0.15, 0.2) is 0 Å². The summed E-state index contributed by atoms with van der Waals surface area (Å²) in [6.45, 7) is 7.54. The van der Waals surface area contributed by atoms with Crippen LogP contribution in [0.2, 0.25) is 0 Å². The van der Waals surface area contributed by atoms with E-state index in [0.717, 1.165) is 6.42 Å². The maximum atomic E-state index is 11.0. The normalized spacial score (nSPS) is 11.8. The number of carboxylic acids is 1. The number of nitrogens with zero attached hydrogens (tertiary/aromatic N) is 3. The lowest BCUT2D eigenvalue weighted by Crippen LogP contribution is -2.15. The first-order valence-corrected chi connectivity index (χ1v) is 6.00. The van der Waals surface area contributed by atoms with E-state index in [1.165, 1.54) is 0 Å². The van der Waals surface area contributed by atoms with E-state index in [1.54, 1.807) is 11.8 Å². The number of methoxy groups -OCH3 is 1. The highest BCUT2D eigenvalue weighted by atomic mass is 16.5. The first kappa shape index (κ1) is 14.6. The number of aromatic nitrogens is 3. The Kier molecular flexibility index (Phi) is 4.84. The van der Waals surface area contributed by atoms with Crippen LogP contribution in [-0.2, 0) is 17.7 Å². The predicted molar refractivity (Wildman–Crippen MR) is 66.6 cm³/mol. The molecule has 0 aromatic carbocycles. The van der Waals surface area contributed by atoms with Crippen molar-refractivity contribution in [1.82, 2.24) is 15.0 Å². The summed E-state index contributed by atoms with van der Waals surface area (Å²) in [7, 11) is 1.59. The molecule has 0 amide bonds. The molecule has 1 aromatic rings. The Morgan fingerprint density at radius 3 is 2.61 bits per heavy atom. The molecule has 18 heavy (non-hydrogen) atoms. The van der Waals surface area contributed by atoms with E-state index in [0.29, 0.717) is 25.3 Å². The first-order chi connectivity index (χ1) is 8.35. The van der Waals surface area contributed by atoms with Crippen molar-refractivity contribution in [2.75, 3.05) is 13.7 Å². The minimum atomic E-state index is -1.04. The van der Waals surface area contributed by atoms with E-state index in [1.807, 2.05) is 0 Å². The predicted octanol–water partition coefficient (Wildman–Crippen LogP) is 1.60. The van der Waals surface area contributed by atoms with Crippen LogP contribution in [0.5, 0.6) is 0 Å². The largest absolute Gasteiger partial charge is 0.476 e. The highest BCUT2D eigenvalue weighted by Gasteiger charge is 2.20. The molecule has 6 heteroatoms. The molecule has 0 spiro atoms. The van der Waals surface area contributed by atoms with Gasteiger partial charge < -0.3 is 9.84 Å². The van der Waals surface area contributed by atoms with Gasteiger partial charge in [0.2, 0.25) is 0 Å². The lowest BCUT2D eigenvalue weighted by molar-refractivity contribution is 0.0688. The van der Waals surface area contributed by atoms with Crippen LogP contribution in [0.4, 0.5) is 0 Å². The SMILES string of the molecule is COCCc1c(C(=O)O)nnn1CCC(C)(C)C. The second kappa shape index (κ2) is 5.95. The molecule has 0 bridgehead atoms. The highest BCUT2D eigenvalue weighted by Crippen LogP contribution is 2.20. The molecule has 0 saturated heterocycles. The zero-order valence-corrected chi connectivity index (χ0v) is 11.4.